The van der Waals surface area contributed by atoms with Gasteiger partial charge in [0.1, 0.15) is 11.0 Å². The van der Waals surface area contributed by atoms with Crippen molar-refractivity contribution in [2.75, 3.05) is 10.5 Å². The molecule has 1 atom stereocenters. The lowest BCUT2D eigenvalue weighted by Crippen LogP contribution is -2.08. The predicted molar refractivity (Wildman–Crippen MR) is 63.5 cm³/mol. The maximum atomic E-state index is 11.4. The summed E-state index contributed by atoms with van der Waals surface area (Å²) in [6, 6.07) is 6.64. The minimum Gasteiger partial charge on any atom is -0.305 e. The van der Waals surface area contributed by atoms with E-state index in [0.717, 1.165) is 6.42 Å². The van der Waals surface area contributed by atoms with Crippen molar-refractivity contribution < 1.29 is 9.00 Å². The van der Waals surface area contributed by atoms with Gasteiger partial charge in [0, 0.05) is 17.0 Å². The highest BCUT2D eigenvalue weighted by Crippen LogP contribution is 2.13. The molecule has 1 aromatic carbocycles. The number of benzene rings is 1. The van der Waals surface area contributed by atoms with Crippen LogP contribution in [0, 0.1) is 0 Å². The molecule has 0 heterocycles. The molecule has 0 aliphatic heterocycles. The van der Waals surface area contributed by atoms with Crippen LogP contribution in [-0.4, -0.2) is 15.2 Å². The number of hydrogen-bond donors (Lipinski definition) is 1. The monoisotopic (exact) mass is 245 g/mol. The molecule has 0 fully saturated rings. The maximum Gasteiger partial charge on any atom is 0.252 e. The summed E-state index contributed by atoms with van der Waals surface area (Å²) in [4.78, 5) is 10.9. The third kappa shape index (κ3) is 4.01. The van der Waals surface area contributed by atoms with Gasteiger partial charge in [0.2, 0.25) is 0 Å². The van der Waals surface area contributed by atoms with E-state index in [1.807, 2.05) is 6.92 Å². The molecule has 1 aromatic rings. The third-order valence-electron chi connectivity index (χ3n) is 1.71. The van der Waals surface area contributed by atoms with Crippen molar-refractivity contribution in [1.82, 2.24) is 0 Å². The minimum atomic E-state index is -1.10. The van der Waals surface area contributed by atoms with Crippen LogP contribution in [0.1, 0.15) is 23.7 Å². The molecule has 0 amide bonds. The van der Waals surface area contributed by atoms with Gasteiger partial charge in [0.05, 0.1) is 0 Å². The molecule has 0 aliphatic rings. The van der Waals surface area contributed by atoms with Crippen LogP contribution in [0.3, 0.4) is 0 Å². The van der Waals surface area contributed by atoms with Crippen molar-refractivity contribution in [3.8, 4) is 0 Å². The Bertz CT molecular complexity index is 381. The molecule has 3 nitrogen and oxygen atoms in total. The maximum absolute atomic E-state index is 11.4. The van der Waals surface area contributed by atoms with Gasteiger partial charge in [-0.1, -0.05) is 13.0 Å². The van der Waals surface area contributed by atoms with Crippen molar-refractivity contribution in [3.05, 3.63) is 29.8 Å². The van der Waals surface area contributed by atoms with Crippen LogP contribution in [0.2, 0.25) is 0 Å². The first-order valence-corrected chi connectivity index (χ1v) is 6.28. The van der Waals surface area contributed by atoms with Crippen molar-refractivity contribution in [3.63, 3.8) is 0 Å². The lowest BCUT2D eigenvalue weighted by molar-refractivity contribution is 0.108. The fourth-order valence-corrected chi connectivity index (χ4v) is 2.05. The van der Waals surface area contributed by atoms with Gasteiger partial charge in [-0.3, -0.25) is 4.79 Å². The smallest absolute Gasteiger partial charge is 0.252 e. The molecule has 1 N–H and O–H groups in total. The van der Waals surface area contributed by atoms with Crippen LogP contribution < -0.4 is 4.72 Å². The molecular formula is C10H12ClNO2S. The zero-order chi connectivity index (χ0) is 11.3. The SMILES string of the molecule is CCCS(=O)Nc1cccc(C(=O)Cl)c1. The number of halogens is 1. The molecule has 15 heavy (non-hydrogen) atoms. The summed E-state index contributed by atoms with van der Waals surface area (Å²) in [7, 11) is -1.10. The van der Waals surface area contributed by atoms with Gasteiger partial charge in [-0.25, -0.2) is 4.21 Å². The fourth-order valence-electron chi connectivity index (χ4n) is 1.07. The van der Waals surface area contributed by atoms with Crippen molar-refractivity contribution in [1.29, 1.82) is 0 Å². The van der Waals surface area contributed by atoms with Crippen LogP contribution in [0.15, 0.2) is 24.3 Å². The van der Waals surface area contributed by atoms with Crippen molar-refractivity contribution in [2.24, 2.45) is 0 Å². The normalized spacial score (nSPS) is 12.1. The summed E-state index contributed by atoms with van der Waals surface area (Å²) in [5.74, 6) is 0.582. The summed E-state index contributed by atoms with van der Waals surface area (Å²) < 4.78 is 14.2. The average molecular weight is 246 g/mol. The zero-order valence-corrected chi connectivity index (χ0v) is 9.90. The van der Waals surface area contributed by atoms with Crippen LogP contribution in [0.5, 0.6) is 0 Å². The lowest BCUT2D eigenvalue weighted by atomic mass is 10.2. The van der Waals surface area contributed by atoms with E-state index >= 15 is 0 Å². The number of anilines is 1. The standard InChI is InChI=1S/C10H12ClNO2S/c1-2-6-15(14)12-9-5-3-4-8(7-9)10(11)13/h3-5,7,12H,2,6H2,1H3. The molecule has 1 rings (SSSR count). The number of nitrogens with one attached hydrogen (secondary N) is 1. The second kappa shape index (κ2) is 5.88. The van der Waals surface area contributed by atoms with Crippen LogP contribution in [-0.2, 0) is 11.0 Å². The molecule has 0 radical (unpaired) electrons. The zero-order valence-electron chi connectivity index (χ0n) is 8.33. The van der Waals surface area contributed by atoms with E-state index < -0.39 is 16.2 Å². The van der Waals surface area contributed by atoms with Gasteiger partial charge in [-0.15, -0.1) is 0 Å². The first-order chi connectivity index (χ1) is 7.13. The summed E-state index contributed by atoms with van der Waals surface area (Å²) in [6.45, 7) is 1.96. The fraction of sp³-hybridized carbons (Fsp3) is 0.300. The molecule has 0 aromatic heterocycles. The summed E-state index contributed by atoms with van der Waals surface area (Å²) in [5.41, 5.74) is 1.04. The molecule has 0 saturated carbocycles. The topological polar surface area (TPSA) is 46.2 Å². The van der Waals surface area contributed by atoms with Crippen LogP contribution in [0.4, 0.5) is 5.69 Å². The first kappa shape index (κ1) is 12.2. The molecule has 0 saturated heterocycles. The van der Waals surface area contributed by atoms with Crippen molar-refractivity contribution >= 4 is 33.5 Å². The molecule has 82 valence electrons. The van der Waals surface area contributed by atoms with Crippen molar-refractivity contribution in [2.45, 2.75) is 13.3 Å². The van der Waals surface area contributed by atoms with Gasteiger partial charge >= 0.3 is 0 Å². The van der Waals surface area contributed by atoms with Crippen LogP contribution >= 0.6 is 11.6 Å². The highest BCUT2D eigenvalue weighted by molar-refractivity contribution is 7.86. The first-order valence-electron chi connectivity index (χ1n) is 4.58. The summed E-state index contributed by atoms with van der Waals surface area (Å²) in [6.07, 6.45) is 0.841. The Morgan fingerprint density at radius 3 is 2.87 bits per heavy atom. The Balaban J connectivity index is 2.73. The molecule has 0 aliphatic carbocycles. The Labute approximate surface area is 96.4 Å². The Hall–Kier alpha value is -0.870. The second-order valence-corrected chi connectivity index (χ2v) is 4.65. The van der Waals surface area contributed by atoms with Crippen LogP contribution in [0.25, 0.3) is 0 Å². The van der Waals surface area contributed by atoms with E-state index in [4.69, 9.17) is 11.6 Å². The van der Waals surface area contributed by atoms with E-state index in [1.54, 1.807) is 24.3 Å². The Kier molecular flexibility index (Phi) is 4.78. The molecule has 0 bridgehead atoms. The largest absolute Gasteiger partial charge is 0.305 e. The van der Waals surface area contributed by atoms with E-state index in [1.165, 1.54) is 0 Å². The quantitative estimate of drug-likeness (QED) is 0.811. The summed E-state index contributed by atoms with van der Waals surface area (Å²) in [5, 5.41) is -0.514. The van der Waals surface area contributed by atoms with E-state index in [2.05, 4.69) is 4.72 Å². The van der Waals surface area contributed by atoms with Gasteiger partial charge in [-0.05, 0) is 36.2 Å². The van der Waals surface area contributed by atoms with Gasteiger partial charge in [0.25, 0.3) is 5.24 Å². The molecule has 0 spiro atoms. The number of rotatable bonds is 5. The van der Waals surface area contributed by atoms with E-state index in [-0.39, 0.29) is 0 Å². The van der Waals surface area contributed by atoms with Gasteiger partial charge < -0.3 is 4.72 Å². The average Bonchev–Trinajstić information content (AvgIpc) is 2.18. The second-order valence-electron chi connectivity index (χ2n) is 3.01. The molecular weight excluding hydrogens is 234 g/mol. The lowest BCUT2D eigenvalue weighted by Gasteiger charge is -2.05. The highest BCUT2D eigenvalue weighted by Gasteiger charge is 2.03. The minimum absolute atomic E-state index is 0.398. The number of hydrogen-bond acceptors (Lipinski definition) is 2. The van der Waals surface area contributed by atoms with Gasteiger partial charge in [-0.2, -0.15) is 0 Å². The molecule has 1 unspecified atom stereocenters. The number of carbonyl (C=O) groups is 1. The summed E-state index contributed by atoms with van der Waals surface area (Å²) >= 11 is 5.33. The van der Waals surface area contributed by atoms with E-state index in [0.29, 0.717) is 17.0 Å². The Morgan fingerprint density at radius 2 is 2.27 bits per heavy atom. The number of carbonyl (C=O) groups excluding carboxylic acids is 1. The van der Waals surface area contributed by atoms with E-state index in [9.17, 15) is 9.00 Å². The third-order valence-corrected chi connectivity index (χ3v) is 3.17. The molecule has 5 heteroatoms. The highest BCUT2D eigenvalue weighted by atomic mass is 35.5. The van der Waals surface area contributed by atoms with Gasteiger partial charge in [0.15, 0.2) is 0 Å². The Morgan fingerprint density at radius 1 is 1.53 bits per heavy atom. The predicted octanol–water partition coefficient (Wildman–Crippen LogP) is 2.55.